The molecular weight excluding hydrogens is 246 g/mol. The number of pyridine rings is 1. The van der Waals surface area contributed by atoms with Gasteiger partial charge in [0.15, 0.2) is 0 Å². The van der Waals surface area contributed by atoms with Crippen molar-refractivity contribution in [3.63, 3.8) is 0 Å². The van der Waals surface area contributed by atoms with Crippen molar-refractivity contribution in [3.05, 3.63) is 30.1 Å². The lowest BCUT2D eigenvalue weighted by Crippen LogP contribution is -2.47. The number of rotatable bonds is 5. The third kappa shape index (κ3) is 3.94. The van der Waals surface area contributed by atoms with E-state index < -0.39 is 12.0 Å². The molecule has 6 nitrogen and oxygen atoms in total. The van der Waals surface area contributed by atoms with Gasteiger partial charge in [-0.3, -0.25) is 4.98 Å². The fourth-order valence-corrected chi connectivity index (χ4v) is 1.56. The first-order valence-electron chi connectivity index (χ1n) is 6.11. The number of carboxylic acid groups (broad SMARTS) is 1. The summed E-state index contributed by atoms with van der Waals surface area (Å²) in [6.07, 6.45) is 1.66. The summed E-state index contributed by atoms with van der Waals surface area (Å²) in [6.45, 7) is 4.19. The van der Waals surface area contributed by atoms with Gasteiger partial charge in [-0.2, -0.15) is 0 Å². The number of aromatic nitrogens is 1. The van der Waals surface area contributed by atoms with Crippen LogP contribution in [0.1, 0.15) is 19.5 Å². The third-order valence-electron chi connectivity index (χ3n) is 2.97. The average Bonchev–Trinajstić information content (AvgIpc) is 2.43. The molecule has 6 heteroatoms. The van der Waals surface area contributed by atoms with Crippen LogP contribution in [-0.4, -0.2) is 51.5 Å². The Hall–Kier alpha value is -2.11. The molecule has 1 unspecified atom stereocenters. The van der Waals surface area contributed by atoms with Crippen LogP contribution in [0.2, 0.25) is 0 Å². The van der Waals surface area contributed by atoms with Gasteiger partial charge in [0, 0.05) is 19.8 Å². The zero-order valence-corrected chi connectivity index (χ0v) is 11.4. The van der Waals surface area contributed by atoms with E-state index in [1.165, 1.54) is 18.9 Å². The van der Waals surface area contributed by atoms with E-state index >= 15 is 0 Å². The molecule has 0 saturated heterocycles. The maximum atomic E-state index is 12.2. The molecule has 0 aromatic carbocycles. The quantitative estimate of drug-likeness (QED) is 0.874. The van der Waals surface area contributed by atoms with Gasteiger partial charge in [0.25, 0.3) is 0 Å². The van der Waals surface area contributed by atoms with Gasteiger partial charge in [-0.1, -0.05) is 6.07 Å². The minimum Gasteiger partial charge on any atom is -0.480 e. The summed E-state index contributed by atoms with van der Waals surface area (Å²) in [6, 6.07) is 4.31. The van der Waals surface area contributed by atoms with Gasteiger partial charge in [0.05, 0.1) is 12.2 Å². The summed E-state index contributed by atoms with van der Waals surface area (Å²) >= 11 is 0. The van der Waals surface area contributed by atoms with Gasteiger partial charge < -0.3 is 14.9 Å². The third-order valence-corrected chi connectivity index (χ3v) is 2.97. The molecule has 1 rings (SSSR count). The molecule has 0 spiro atoms. The highest BCUT2D eigenvalue weighted by Gasteiger charge is 2.25. The molecule has 2 amide bonds. The monoisotopic (exact) mass is 265 g/mol. The van der Waals surface area contributed by atoms with Crippen molar-refractivity contribution < 1.29 is 14.7 Å². The largest absolute Gasteiger partial charge is 0.480 e. The Bertz CT molecular complexity index is 436. The zero-order valence-electron chi connectivity index (χ0n) is 11.4. The average molecular weight is 265 g/mol. The van der Waals surface area contributed by atoms with E-state index in [2.05, 4.69) is 4.98 Å². The van der Waals surface area contributed by atoms with Crippen molar-refractivity contribution in [1.82, 2.24) is 14.8 Å². The first kappa shape index (κ1) is 14.9. The molecule has 0 radical (unpaired) electrons. The molecule has 0 aliphatic carbocycles. The second kappa shape index (κ2) is 6.72. The maximum Gasteiger partial charge on any atom is 0.326 e. The minimum atomic E-state index is -1.02. The standard InChI is InChI=1S/C13H19N3O3/c1-4-16(9-11-7-5-6-8-14-11)13(19)15(3)10(2)12(17)18/h5-8,10H,4,9H2,1-3H3,(H,17,18). The second-order valence-electron chi connectivity index (χ2n) is 4.24. The Morgan fingerprint density at radius 3 is 2.58 bits per heavy atom. The van der Waals surface area contributed by atoms with Crippen LogP contribution in [0.25, 0.3) is 0 Å². The SMILES string of the molecule is CCN(Cc1ccccn1)C(=O)N(C)C(C)C(=O)O. The Morgan fingerprint density at radius 2 is 2.11 bits per heavy atom. The van der Waals surface area contributed by atoms with E-state index in [1.54, 1.807) is 17.2 Å². The van der Waals surface area contributed by atoms with Gasteiger partial charge in [-0.05, 0) is 26.0 Å². The number of carbonyl (C=O) groups is 2. The van der Waals surface area contributed by atoms with Crippen LogP contribution < -0.4 is 0 Å². The molecular formula is C13H19N3O3. The van der Waals surface area contributed by atoms with Gasteiger partial charge >= 0.3 is 12.0 Å². The van der Waals surface area contributed by atoms with Crippen LogP contribution in [0.4, 0.5) is 4.79 Å². The van der Waals surface area contributed by atoms with Gasteiger partial charge in [-0.25, -0.2) is 9.59 Å². The first-order chi connectivity index (χ1) is 8.97. The number of likely N-dealkylation sites (N-methyl/N-ethyl adjacent to an activating group) is 1. The molecule has 1 aromatic heterocycles. The van der Waals surface area contributed by atoms with Gasteiger partial charge in [0.1, 0.15) is 6.04 Å². The number of hydrogen-bond acceptors (Lipinski definition) is 3. The summed E-state index contributed by atoms with van der Waals surface area (Å²) in [4.78, 5) is 30.0. The van der Waals surface area contributed by atoms with Crippen molar-refractivity contribution in [2.24, 2.45) is 0 Å². The van der Waals surface area contributed by atoms with E-state index in [9.17, 15) is 9.59 Å². The van der Waals surface area contributed by atoms with E-state index in [4.69, 9.17) is 5.11 Å². The van der Waals surface area contributed by atoms with E-state index in [1.807, 2.05) is 19.1 Å². The topological polar surface area (TPSA) is 73.7 Å². The molecule has 1 N–H and O–H groups in total. The lowest BCUT2D eigenvalue weighted by molar-refractivity contribution is -0.141. The number of hydrogen-bond donors (Lipinski definition) is 1. The van der Waals surface area contributed by atoms with Crippen molar-refractivity contribution in [2.75, 3.05) is 13.6 Å². The molecule has 0 aliphatic rings. The lowest BCUT2D eigenvalue weighted by Gasteiger charge is -2.29. The Balaban J connectivity index is 2.74. The summed E-state index contributed by atoms with van der Waals surface area (Å²) in [5.74, 6) is -1.02. The number of nitrogens with zero attached hydrogens (tertiary/aromatic N) is 3. The molecule has 0 bridgehead atoms. The predicted molar refractivity (Wildman–Crippen MR) is 70.6 cm³/mol. The zero-order chi connectivity index (χ0) is 14.4. The highest BCUT2D eigenvalue weighted by molar-refractivity contribution is 5.82. The van der Waals surface area contributed by atoms with E-state index in [0.29, 0.717) is 13.1 Å². The number of carboxylic acids is 1. The summed E-state index contributed by atoms with van der Waals surface area (Å²) < 4.78 is 0. The number of carbonyl (C=O) groups excluding carboxylic acids is 1. The number of aliphatic carboxylic acids is 1. The van der Waals surface area contributed by atoms with Crippen molar-refractivity contribution in [2.45, 2.75) is 26.4 Å². The van der Waals surface area contributed by atoms with Crippen molar-refractivity contribution in [1.29, 1.82) is 0 Å². The summed E-state index contributed by atoms with van der Waals surface area (Å²) in [7, 11) is 1.49. The molecule has 0 aliphatic heterocycles. The molecule has 1 aromatic rings. The second-order valence-corrected chi connectivity index (χ2v) is 4.24. The van der Waals surface area contributed by atoms with Crippen LogP contribution in [0.5, 0.6) is 0 Å². The Labute approximate surface area is 112 Å². The van der Waals surface area contributed by atoms with Crippen LogP contribution in [-0.2, 0) is 11.3 Å². The molecule has 0 saturated carbocycles. The Kier molecular flexibility index (Phi) is 5.29. The number of amides is 2. The smallest absolute Gasteiger partial charge is 0.326 e. The van der Waals surface area contributed by atoms with Crippen LogP contribution in [0.15, 0.2) is 24.4 Å². The highest BCUT2D eigenvalue weighted by atomic mass is 16.4. The minimum absolute atomic E-state index is 0.317. The van der Waals surface area contributed by atoms with Crippen LogP contribution in [0, 0.1) is 0 Å². The fraction of sp³-hybridized carbons (Fsp3) is 0.462. The predicted octanol–water partition coefficient (Wildman–Crippen LogP) is 1.43. The summed E-state index contributed by atoms with van der Waals surface area (Å²) in [5.41, 5.74) is 0.772. The van der Waals surface area contributed by atoms with E-state index in [0.717, 1.165) is 5.69 Å². The fourth-order valence-electron chi connectivity index (χ4n) is 1.56. The Morgan fingerprint density at radius 1 is 1.42 bits per heavy atom. The van der Waals surface area contributed by atoms with Crippen molar-refractivity contribution >= 4 is 12.0 Å². The maximum absolute atomic E-state index is 12.2. The molecule has 1 heterocycles. The molecule has 0 fully saturated rings. The van der Waals surface area contributed by atoms with Gasteiger partial charge in [0.2, 0.25) is 0 Å². The van der Waals surface area contributed by atoms with Crippen LogP contribution >= 0.6 is 0 Å². The molecule has 19 heavy (non-hydrogen) atoms. The normalized spacial score (nSPS) is 11.7. The number of urea groups is 1. The summed E-state index contributed by atoms with van der Waals surface area (Å²) in [5, 5.41) is 8.92. The molecule has 104 valence electrons. The van der Waals surface area contributed by atoms with Crippen LogP contribution in [0.3, 0.4) is 0 Å². The van der Waals surface area contributed by atoms with E-state index in [-0.39, 0.29) is 6.03 Å². The van der Waals surface area contributed by atoms with Gasteiger partial charge in [-0.15, -0.1) is 0 Å². The molecule has 1 atom stereocenters. The first-order valence-corrected chi connectivity index (χ1v) is 6.11. The lowest BCUT2D eigenvalue weighted by atomic mass is 10.3. The van der Waals surface area contributed by atoms with Crippen molar-refractivity contribution in [3.8, 4) is 0 Å². The highest BCUT2D eigenvalue weighted by Crippen LogP contribution is 2.07.